The minimum absolute atomic E-state index is 0.0861. The van der Waals surface area contributed by atoms with E-state index in [0.717, 1.165) is 57.6 Å². The zero-order valence-corrected chi connectivity index (χ0v) is 21.9. The van der Waals surface area contributed by atoms with Crippen molar-refractivity contribution in [1.82, 2.24) is 15.3 Å². The van der Waals surface area contributed by atoms with Gasteiger partial charge in [0, 0.05) is 53.2 Å². The van der Waals surface area contributed by atoms with Gasteiger partial charge in [0.2, 0.25) is 5.89 Å². The second kappa shape index (κ2) is 10.2. The van der Waals surface area contributed by atoms with Crippen LogP contribution in [-0.2, 0) is 0 Å². The molecule has 0 aliphatic carbocycles. The second-order valence-electron chi connectivity index (χ2n) is 9.50. The third-order valence-electron chi connectivity index (χ3n) is 6.60. The monoisotopic (exact) mass is 545 g/mol. The molecule has 0 bridgehead atoms. The van der Waals surface area contributed by atoms with Gasteiger partial charge in [-0.3, -0.25) is 4.79 Å². The van der Waals surface area contributed by atoms with Crippen molar-refractivity contribution in [2.45, 2.75) is 26.2 Å². The van der Waals surface area contributed by atoms with Crippen LogP contribution in [0.25, 0.3) is 22.6 Å². The average Bonchev–Trinajstić information content (AvgIpc) is 3.54. The van der Waals surface area contributed by atoms with Crippen LogP contribution in [0.1, 0.15) is 47.7 Å². The van der Waals surface area contributed by atoms with E-state index in [-0.39, 0.29) is 11.8 Å². The van der Waals surface area contributed by atoms with E-state index in [4.69, 9.17) is 9.83 Å². The topological polar surface area (TPSA) is 95.1 Å². The van der Waals surface area contributed by atoms with E-state index >= 15 is 0 Å². The number of rotatable bonds is 7. The molecule has 3 heterocycles. The first-order valence-electron chi connectivity index (χ1n) is 12.1. The van der Waals surface area contributed by atoms with E-state index in [2.05, 4.69) is 50.0 Å². The van der Waals surface area contributed by atoms with Gasteiger partial charge in [-0.1, -0.05) is 13.8 Å². The van der Waals surface area contributed by atoms with Gasteiger partial charge in [-0.25, -0.2) is 9.97 Å². The summed E-state index contributed by atoms with van der Waals surface area (Å²) in [6.45, 7) is 6.64. The van der Waals surface area contributed by atoms with Crippen molar-refractivity contribution in [3.63, 3.8) is 0 Å². The molecular formula is C28H28BrN5O2. The molecule has 1 aliphatic rings. The summed E-state index contributed by atoms with van der Waals surface area (Å²) < 4.78 is 7.08. The van der Waals surface area contributed by atoms with Gasteiger partial charge in [-0.2, -0.15) is 0 Å². The lowest BCUT2D eigenvalue weighted by atomic mass is 10.00. The predicted octanol–water partition coefficient (Wildman–Crippen LogP) is 6.03. The van der Waals surface area contributed by atoms with E-state index in [0.29, 0.717) is 23.9 Å². The van der Waals surface area contributed by atoms with E-state index in [1.807, 2.05) is 42.6 Å². The van der Waals surface area contributed by atoms with Crippen molar-refractivity contribution in [2.75, 3.05) is 24.5 Å². The number of carbonyl (C=O) groups is 1. The molecule has 0 radical (unpaired) electrons. The first kappa shape index (κ1) is 24.2. The van der Waals surface area contributed by atoms with Crippen LogP contribution in [-0.4, -0.2) is 41.7 Å². The Labute approximate surface area is 218 Å². The van der Waals surface area contributed by atoms with E-state index < -0.39 is 0 Å². The molecule has 184 valence electrons. The highest BCUT2D eigenvalue weighted by Gasteiger charge is 2.24. The number of carbonyl (C=O) groups excluding carboxylic acids is 1. The number of oxazole rings is 1. The number of fused-ring (bicyclic) bond motifs is 1. The maximum atomic E-state index is 12.8. The molecule has 1 fully saturated rings. The smallest absolute Gasteiger partial charge is 0.251 e. The summed E-state index contributed by atoms with van der Waals surface area (Å²) in [5.41, 5.74) is 4.73. The molecule has 8 heteroatoms. The van der Waals surface area contributed by atoms with Crippen molar-refractivity contribution in [3.05, 3.63) is 75.9 Å². The largest absolute Gasteiger partial charge is 0.436 e. The predicted molar refractivity (Wildman–Crippen MR) is 146 cm³/mol. The fourth-order valence-corrected chi connectivity index (χ4v) is 4.82. The van der Waals surface area contributed by atoms with Gasteiger partial charge in [-0.05, 0) is 88.3 Å². The highest BCUT2D eigenvalue weighted by molar-refractivity contribution is 9.10. The summed E-state index contributed by atoms with van der Waals surface area (Å²) in [7, 11) is 0. The minimum Gasteiger partial charge on any atom is -0.436 e. The Hall–Kier alpha value is -3.52. The van der Waals surface area contributed by atoms with Crippen LogP contribution in [0.15, 0.2) is 63.6 Å². The first-order chi connectivity index (χ1) is 17.4. The summed E-state index contributed by atoms with van der Waals surface area (Å²) >= 11 is 3.42. The fourth-order valence-electron chi connectivity index (χ4n) is 4.58. The Morgan fingerprint density at radius 1 is 1.25 bits per heavy atom. The maximum absolute atomic E-state index is 12.8. The quantitative estimate of drug-likeness (QED) is 0.276. The molecule has 1 atom stereocenters. The Morgan fingerprint density at radius 3 is 2.75 bits per heavy atom. The molecule has 7 nitrogen and oxygen atoms in total. The van der Waals surface area contributed by atoms with Gasteiger partial charge in [0.05, 0.1) is 0 Å². The van der Waals surface area contributed by atoms with Crippen LogP contribution < -0.4 is 10.2 Å². The van der Waals surface area contributed by atoms with E-state index in [9.17, 15) is 4.79 Å². The average molecular weight is 546 g/mol. The Balaban J connectivity index is 1.23. The molecule has 4 aromatic rings. The van der Waals surface area contributed by atoms with Gasteiger partial charge in [0.25, 0.3) is 5.91 Å². The second-order valence-corrected chi connectivity index (χ2v) is 10.4. The SMILES string of the molecule is CC(C)c1cc(C=N)cc2nc(-c3ccc(C(=O)NC[C@@H]4CCN(c5ccc(Br)cn5)C4)cc3)oc12. The molecule has 0 spiro atoms. The lowest BCUT2D eigenvalue weighted by molar-refractivity contribution is 0.0948. The minimum atomic E-state index is -0.0861. The number of halogens is 1. The number of hydrogen-bond donors (Lipinski definition) is 2. The van der Waals surface area contributed by atoms with Gasteiger partial charge in [-0.15, -0.1) is 0 Å². The normalized spacial score (nSPS) is 15.6. The van der Waals surface area contributed by atoms with Crippen molar-refractivity contribution >= 4 is 45.0 Å². The Kier molecular flexibility index (Phi) is 6.87. The zero-order chi connectivity index (χ0) is 25.2. The highest BCUT2D eigenvalue weighted by Crippen LogP contribution is 2.31. The molecule has 36 heavy (non-hydrogen) atoms. The number of aromatic nitrogens is 2. The van der Waals surface area contributed by atoms with Crippen molar-refractivity contribution < 1.29 is 9.21 Å². The highest BCUT2D eigenvalue weighted by atomic mass is 79.9. The summed E-state index contributed by atoms with van der Waals surface area (Å²) in [4.78, 5) is 24.2. The first-order valence-corrected chi connectivity index (χ1v) is 12.9. The van der Waals surface area contributed by atoms with Crippen molar-refractivity contribution in [3.8, 4) is 11.5 Å². The van der Waals surface area contributed by atoms with E-state index in [1.54, 1.807) is 12.1 Å². The Morgan fingerprint density at radius 2 is 2.06 bits per heavy atom. The molecular weight excluding hydrogens is 518 g/mol. The number of nitrogens with zero attached hydrogens (tertiary/aromatic N) is 3. The third-order valence-corrected chi connectivity index (χ3v) is 7.07. The van der Waals surface area contributed by atoms with Gasteiger partial charge in [0.1, 0.15) is 11.3 Å². The zero-order valence-electron chi connectivity index (χ0n) is 20.3. The standard InChI is InChI=1S/C28H28BrN5O2/c1-17(2)23-11-19(13-30)12-24-26(23)36-28(33-24)21-5-3-20(4-6-21)27(35)32-14-18-9-10-34(16-18)25-8-7-22(29)15-31-25/h3-8,11-13,15,17-18,30H,9-10,14,16H2,1-2H3,(H,32,35)/t18-/m0/s1. The summed E-state index contributed by atoms with van der Waals surface area (Å²) in [6.07, 6.45) is 4.16. The molecule has 1 saturated heterocycles. The summed E-state index contributed by atoms with van der Waals surface area (Å²) in [5.74, 6) is 2.03. The van der Waals surface area contributed by atoms with Gasteiger partial charge < -0.3 is 20.0 Å². The molecule has 2 aromatic heterocycles. The molecule has 1 aliphatic heterocycles. The van der Waals surface area contributed by atoms with Crippen LogP contribution in [0.5, 0.6) is 0 Å². The maximum Gasteiger partial charge on any atom is 0.251 e. The summed E-state index contributed by atoms with van der Waals surface area (Å²) in [5, 5.41) is 10.7. The number of hydrogen-bond acceptors (Lipinski definition) is 6. The number of benzene rings is 2. The molecule has 2 N–H and O–H groups in total. The third kappa shape index (κ3) is 5.04. The number of nitrogens with one attached hydrogen (secondary N) is 2. The number of pyridine rings is 1. The molecule has 0 unspecified atom stereocenters. The summed E-state index contributed by atoms with van der Waals surface area (Å²) in [6, 6.07) is 15.2. The van der Waals surface area contributed by atoms with Crippen LogP contribution in [0, 0.1) is 11.3 Å². The van der Waals surface area contributed by atoms with E-state index in [1.165, 1.54) is 6.21 Å². The van der Waals surface area contributed by atoms with Crippen LogP contribution in [0.2, 0.25) is 0 Å². The molecule has 2 aromatic carbocycles. The lowest BCUT2D eigenvalue weighted by Gasteiger charge is -2.17. The molecule has 0 saturated carbocycles. The van der Waals surface area contributed by atoms with Crippen LogP contribution in [0.4, 0.5) is 5.82 Å². The van der Waals surface area contributed by atoms with Crippen molar-refractivity contribution in [2.24, 2.45) is 5.92 Å². The molecule has 5 rings (SSSR count). The van der Waals surface area contributed by atoms with Gasteiger partial charge >= 0.3 is 0 Å². The fraction of sp³-hybridized carbons (Fsp3) is 0.286. The number of anilines is 1. The van der Waals surface area contributed by atoms with Crippen LogP contribution >= 0.6 is 15.9 Å². The number of amides is 1. The lowest BCUT2D eigenvalue weighted by Crippen LogP contribution is -2.31. The molecule has 1 amide bonds. The Bertz CT molecular complexity index is 1400. The van der Waals surface area contributed by atoms with Gasteiger partial charge in [0.15, 0.2) is 5.58 Å². The van der Waals surface area contributed by atoms with Crippen molar-refractivity contribution in [1.29, 1.82) is 5.41 Å². The van der Waals surface area contributed by atoms with Crippen LogP contribution in [0.3, 0.4) is 0 Å².